The molecule has 1 fully saturated rings. The van der Waals surface area contributed by atoms with Crippen molar-refractivity contribution in [2.24, 2.45) is 11.7 Å². The monoisotopic (exact) mass is 286 g/mol. The topological polar surface area (TPSA) is 110 Å². The molecule has 20 heavy (non-hydrogen) atoms. The van der Waals surface area contributed by atoms with E-state index in [1.54, 1.807) is 20.8 Å². The molecule has 7 heteroatoms. The number of esters is 1. The number of carboxylic acids is 1. The highest BCUT2D eigenvalue weighted by molar-refractivity contribution is 5.89. The highest BCUT2D eigenvalue weighted by Gasteiger charge is 2.40. The van der Waals surface area contributed by atoms with Crippen molar-refractivity contribution in [2.75, 3.05) is 13.1 Å². The molecule has 0 aromatic rings. The Balaban J connectivity index is 2.87. The van der Waals surface area contributed by atoms with Crippen molar-refractivity contribution in [3.05, 3.63) is 0 Å². The molecule has 1 saturated heterocycles. The van der Waals surface area contributed by atoms with E-state index >= 15 is 0 Å². The van der Waals surface area contributed by atoms with Crippen molar-refractivity contribution < 1.29 is 24.2 Å². The van der Waals surface area contributed by atoms with Gasteiger partial charge in [-0.25, -0.2) is 4.79 Å². The first-order valence-corrected chi connectivity index (χ1v) is 6.58. The average Bonchev–Trinajstić information content (AvgIpc) is 2.64. The van der Waals surface area contributed by atoms with Crippen LogP contribution in [-0.2, 0) is 19.1 Å². The fourth-order valence-corrected chi connectivity index (χ4v) is 2.12. The summed E-state index contributed by atoms with van der Waals surface area (Å²) in [6, 6.07) is -1.09. The van der Waals surface area contributed by atoms with Gasteiger partial charge in [0.2, 0.25) is 5.91 Å². The minimum atomic E-state index is -1.15. The van der Waals surface area contributed by atoms with Gasteiger partial charge in [0, 0.05) is 13.0 Å². The van der Waals surface area contributed by atoms with E-state index < -0.39 is 30.0 Å². The van der Waals surface area contributed by atoms with E-state index in [2.05, 4.69) is 0 Å². The Hall–Kier alpha value is -1.63. The maximum absolute atomic E-state index is 12.1. The number of carbonyl (C=O) groups is 3. The minimum absolute atomic E-state index is 0.0405. The number of rotatable bonds is 5. The summed E-state index contributed by atoms with van der Waals surface area (Å²) in [7, 11) is 0. The summed E-state index contributed by atoms with van der Waals surface area (Å²) in [5.74, 6) is -2.13. The zero-order valence-electron chi connectivity index (χ0n) is 12.1. The van der Waals surface area contributed by atoms with Crippen LogP contribution in [0.3, 0.4) is 0 Å². The number of amides is 1. The van der Waals surface area contributed by atoms with Crippen LogP contribution in [0.15, 0.2) is 0 Å². The van der Waals surface area contributed by atoms with Gasteiger partial charge in [-0.1, -0.05) is 0 Å². The molecule has 1 aliphatic rings. The highest BCUT2D eigenvalue weighted by atomic mass is 16.6. The number of nitrogens with zero attached hydrogens (tertiary/aromatic N) is 1. The highest BCUT2D eigenvalue weighted by Crippen LogP contribution is 2.23. The van der Waals surface area contributed by atoms with Crippen LogP contribution in [0.5, 0.6) is 0 Å². The predicted molar refractivity (Wildman–Crippen MR) is 70.8 cm³/mol. The Kier molecular flexibility index (Phi) is 5.10. The Bertz CT molecular complexity index is 402. The summed E-state index contributed by atoms with van der Waals surface area (Å²) < 4.78 is 5.20. The number of nitrogens with two attached hydrogens (primary N) is 1. The lowest BCUT2D eigenvalue weighted by atomic mass is 10.1. The molecule has 0 aromatic carbocycles. The molecule has 1 rings (SSSR count). The molecule has 1 heterocycles. The number of aliphatic carboxylic acids is 1. The molecular formula is C13H22N2O5. The summed E-state index contributed by atoms with van der Waals surface area (Å²) >= 11 is 0. The SMILES string of the molecule is CC(C)(C)OC(=O)[C@H](CC(=O)O)N1CC(CN)CC1=O. The van der Waals surface area contributed by atoms with Crippen LogP contribution < -0.4 is 5.73 Å². The number of hydrogen-bond acceptors (Lipinski definition) is 5. The lowest BCUT2D eigenvalue weighted by Crippen LogP contribution is -2.46. The van der Waals surface area contributed by atoms with Crippen molar-refractivity contribution in [3.8, 4) is 0 Å². The fraction of sp³-hybridized carbons (Fsp3) is 0.769. The standard InChI is InChI=1S/C13H22N2O5/c1-13(2,3)20-12(19)9(5-11(17)18)15-7-8(6-14)4-10(15)16/h8-9H,4-7,14H2,1-3H3,(H,17,18)/t8?,9-/m0/s1. The second-order valence-electron chi connectivity index (χ2n) is 6.00. The number of ether oxygens (including phenoxy) is 1. The maximum Gasteiger partial charge on any atom is 0.329 e. The van der Waals surface area contributed by atoms with E-state index in [9.17, 15) is 14.4 Å². The third-order valence-electron chi connectivity index (χ3n) is 2.99. The normalized spacial score (nSPS) is 20.9. The third kappa shape index (κ3) is 4.48. The van der Waals surface area contributed by atoms with Gasteiger partial charge in [0.05, 0.1) is 6.42 Å². The van der Waals surface area contributed by atoms with Gasteiger partial charge in [0.1, 0.15) is 11.6 Å². The van der Waals surface area contributed by atoms with Crippen molar-refractivity contribution in [1.82, 2.24) is 4.90 Å². The zero-order valence-corrected chi connectivity index (χ0v) is 12.1. The molecule has 0 aromatic heterocycles. The quantitative estimate of drug-likeness (QED) is 0.687. The molecule has 1 aliphatic heterocycles. The molecule has 2 atom stereocenters. The van der Waals surface area contributed by atoms with Crippen LogP contribution in [-0.4, -0.2) is 52.6 Å². The first-order chi connectivity index (χ1) is 9.14. The molecule has 0 bridgehead atoms. The number of likely N-dealkylation sites (tertiary alicyclic amines) is 1. The lowest BCUT2D eigenvalue weighted by Gasteiger charge is -2.29. The Morgan fingerprint density at radius 2 is 2.10 bits per heavy atom. The number of carboxylic acid groups (broad SMARTS) is 1. The summed E-state index contributed by atoms with van der Waals surface area (Å²) in [4.78, 5) is 36.2. The number of carbonyl (C=O) groups excluding carboxylic acids is 2. The fourth-order valence-electron chi connectivity index (χ4n) is 2.12. The summed E-state index contributed by atoms with van der Waals surface area (Å²) in [5, 5.41) is 8.93. The first-order valence-electron chi connectivity index (χ1n) is 6.58. The summed E-state index contributed by atoms with van der Waals surface area (Å²) in [6.45, 7) is 5.70. The van der Waals surface area contributed by atoms with Gasteiger partial charge in [0.15, 0.2) is 0 Å². The van der Waals surface area contributed by atoms with Gasteiger partial charge in [-0.3, -0.25) is 9.59 Å². The lowest BCUT2D eigenvalue weighted by molar-refractivity contribution is -0.166. The molecule has 0 aliphatic carbocycles. The van der Waals surface area contributed by atoms with E-state index in [1.165, 1.54) is 4.90 Å². The van der Waals surface area contributed by atoms with Crippen molar-refractivity contribution in [3.63, 3.8) is 0 Å². The summed E-state index contributed by atoms with van der Waals surface area (Å²) in [6.07, 6.45) is -0.215. The van der Waals surface area contributed by atoms with Crippen molar-refractivity contribution in [2.45, 2.75) is 45.3 Å². The first kappa shape index (κ1) is 16.4. The molecule has 1 unspecified atom stereocenters. The second-order valence-corrected chi connectivity index (χ2v) is 6.00. The van der Waals surface area contributed by atoms with Crippen molar-refractivity contribution in [1.29, 1.82) is 0 Å². The van der Waals surface area contributed by atoms with E-state index in [-0.39, 0.29) is 18.2 Å². The molecule has 7 nitrogen and oxygen atoms in total. The van der Waals surface area contributed by atoms with E-state index in [0.29, 0.717) is 13.1 Å². The Morgan fingerprint density at radius 1 is 1.50 bits per heavy atom. The van der Waals surface area contributed by atoms with Gasteiger partial charge in [0.25, 0.3) is 0 Å². The van der Waals surface area contributed by atoms with Crippen LogP contribution in [0, 0.1) is 5.92 Å². The van der Waals surface area contributed by atoms with Crippen LogP contribution in [0.25, 0.3) is 0 Å². The molecule has 114 valence electrons. The third-order valence-corrected chi connectivity index (χ3v) is 2.99. The van der Waals surface area contributed by atoms with Gasteiger partial charge >= 0.3 is 11.9 Å². The molecular weight excluding hydrogens is 264 g/mol. The smallest absolute Gasteiger partial charge is 0.329 e. The van der Waals surface area contributed by atoms with Gasteiger partial charge in [-0.15, -0.1) is 0 Å². The zero-order chi connectivity index (χ0) is 15.5. The van der Waals surface area contributed by atoms with E-state index in [0.717, 1.165) is 0 Å². The van der Waals surface area contributed by atoms with Crippen LogP contribution in [0.2, 0.25) is 0 Å². The second kappa shape index (κ2) is 6.21. The molecule has 3 N–H and O–H groups in total. The molecule has 0 saturated carbocycles. The maximum atomic E-state index is 12.1. The molecule has 1 amide bonds. The Labute approximate surface area is 118 Å². The Morgan fingerprint density at radius 3 is 2.50 bits per heavy atom. The van der Waals surface area contributed by atoms with Gasteiger partial charge in [-0.05, 0) is 33.2 Å². The van der Waals surface area contributed by atoms with E-state index in [1.807, 2.05) is 0 Å². The van der Waals surface area contributed by atoms with Gasteiger partial charge < -0.3 is 20.5 Å². The van der Waals surface area contributed by atoms with Crippen LogP contribution >= 0.6 is 0 Å². The molecule has 0 radical (unpaired) electrons. The molecule has 0 spiro atoms. The van der Waals surface area contributed by atoms with E-state index in [4.69, 9.17) is 15.6 Å². The van der Waals surface area contributed by atoms with Gasteiger partial charge in [-0.2, -0.15) is 0 Å². The summed E-state index contributed by atoms with van der Waals surface area (Å²) in [5.41, 5.74) is 4.79. The largest absolute Gasteiger partial charge is 0.481 e. The number of hydrogen-bond donors (Lipinski definition) is 2. The minimum Gasteiger partial charge on any atom is -0.481 e. The van der Waals surface area contributed by atoms with Crippen molar-refractivity contribution >= 4 is 17.8 Å². The predicted octanol–water partition coefficient (Wildman–Crippen LogP) is -0.0214. The van der Waals surface area contributed by atoms with Crippen LogP contribution in [0.4, 0.5) is 0 Å². The van der Waals surface area contributed by atoms with Crippen LogP contribution in [0.1, 0.15) is 33.6 Å². The average molecular weight is 286 g/mol.